The van der Waals surface area contributed by atoms with Crippen molar-refractivity contribution >= 4 is 11.6 Å². The number of rotatable bonds is 0. The van der Waals surface area contributed by atoms with Crippen LogP contribution in [0.1, 0.15) is 0 Å². The summed E-state index contributed by atoms with van der Waals surface area (Å²) in [6, 6.07) is 0. The van der Waals surface area contributed by atoms with Crippen LogP contribution < -0.4 is 0 Å². The van der Waals surface area contributed by atoms with Crippen LogP contribution in [0.5, 0.6) is 0 Å². The molecular weight excluding hydrogens is 108 g/mol. The zero-order valence-electron chi connectivity index (χ0n) is 3.69. The maximum atomic E-state index is 5.51. The molecule has 34 valence electrons. The van der Waals surface area contributed by atoms with Gasteiger partial charge in [-0.1, -0.05) is 0 Å². The van der Waals surface area contributed by atoms with Crippen LogP contribution in [0.25, 0.3) is 0 Å². The highest BCUT2D eigenvalue weighted by Crippen LogP contribution is 2.05. The summed E-state index contributed by atoms with van der Waals surface area (Å²) >= 11 is 5.51. The maximum absolute atomic E-state index is 5.51. The average Bonchev–Trinajstić information content (AvgIpc) is 1.69. The summed E-state index contributed by atoms with van der Waals surface area (Å²) in [5.74, 6) is 0. The highest BCUT2D eigenvalue weighted by Gasteiger charge is 1.93. The van der Waals surface area contributed by atoms with Crippen molar-refractivity contribution in [1.29, 1.82) is 0 Å². The molecule has 0 aromatic heterocycles. The topological polar surface area (TPSA) is 0 Å². The highest BCUT2D eigenvalue weighted by atomic mass is 35.5. The van der Waals surface area contributed by atoms with E-state index in [-0.39, 0.29) is 0 Å². The van der Waals surface area contributed by atoms with Gasteiger partial charge in [-0.3, -0.25) is 0 Å². The van der Waals surface area contributed by atoms with E-state index in [9.17, 15) is 0 Å². The van der Waals surface area contributed by atoms with Crippen LogP contribution in [-0.2, 0) is 0 Å². The molecule has 7 heavy (non-hydrogen) atoms. The Bertz CT molecular complexity index is 140. The minimum absolute atomic E-state index is 0.738. The molecular formula is C6H4Cl+. The van der Waals surface area contributed by atoms with E-state index in [0.29, 0.717) is 0 Å². The van der Waals surface area contributed by atoms with Gasteiger partial charge in [0.25, 0.3) is 0 Å². The molecule has 1 aliphatic carbocycles. The third-order valence-electron chi connectivity index (χ3n) is 0.669. The highest BCUT2D eigenvalue weighted by molar-refractivity contribution is 6.31. The van der Waals surface area contributed by atoms with E-state index in [1.165, 1.54) is 0 Å². The predicted octanol–water partition coefficient (Wildman–Crippen LogP) is 2.04. The fourth-order valence-electron chi connectivity index (χ4n) is 0.371. The van der Waals surface area contributed by atoms with Gasteiger partial charge in [0.15, 0.2) is 5.03 Å². The van der Waals surface area contributed by atoms with E-state index in [1.54, 1.807) is 6.08 Å². The second-order valence-electron chi connectivity index (χ2n) is 1.22. The lowest BCUT2D eigenvalue weighted by molar-refractivity contribution is 1.71. The summed E-state index contributed by atoms with van der Waals surface area (Å²) in [6.45, 7) is 0. The van der Waals surface area contributed by atoms with Crippen molar-refractivity contribution in [1.82, 2.24) is 0 Å². The molecule has 1 heteroatoms. The van der Waals surface area contributed by atoms with Crippen LogP contribution in [0.2, 0.25) is 0 Å². The van der Waals surface area contributed by atoms with Gasteiger partial charge >= 0.3 is 0 Å². The molecule has 0 aromatic carbocycles. The number of hydrogen-bond donors (Lipinski definition) is 0. The molecule has 0 bridgehead atoms. The Hall–Kier alpha value is -0.580. The molecule has 0 N–H and O–H groups in total. The first-order chi connectivity index (χ1) is 3.39. The van der Waals surface area contributed by atoms with Crippen LogP contribution in [0, 0.1) is 6.08 Å². The summed E-state index contributed by atoms with van der Waals surface area (Å²) < 4.78 is 0. The van der Waals surface area contributed by atoms with E-state index in [4.69, 9.17) is 11.6 Å². The Morgan fingerprint density at radius 3 is 2.71 bits per heavy atom. The van der Waals surface area contributed by atoms with Crippen molar-refractivity contribution in [3.8, 4) is 0 Å². The zero-order chi connectivity index (χ0) is 5.11. The summed E-state index contributed by atoms with van der Waals surface area (Å²) in [7, 11) is 0. The van der Waals surface area contributed by atoms with Gasteiger partial charge in [-0.2, -0.15) is 0 Å². The third-order valence-corrected chi connectivity index (χ3v) is 0.904. The first-order valence-electron chi connectivity index (χ1n) is 2.01. The van der Waals surface area contributed by atoms with Crippen molar-refractivity contribution in [3.05, 3.63) is 35.4 Å². The largest absolute Gasteiger partial charge is 0.155 e. The maximum Gasteiger partial charge on any atom is 0.155 e. The first-order valence-corrected chi connectivity index (χ1v) is 2.39. The molecule has 1 rings (SSSR count). The molecule has 0 aliphatic heterocycles. The fraction of sp³-hybridized carbons (Fsp3) is 0. The van der Waals surface area contributed by atoms with Gasteiger partial charge in [0, 0.05) is 23.8 Å². The van der Waals surface area contributed by atoms with E-state index < -0.39 is 0 Å². The lowest BCUT2D eigenvalue weighted by atomic mass is 10.3. The quantitative estimate of drug-likeness (QED) is 0.420. The smallest absolute Gasteiger partial charge is 0.000347 e. The van der Waals surface area contributed by atoms with Gasteiger partial charge in [0.05, 0.1) is 6.08 Å². The molecule has 0 fully saturated rings. The molecule has 0 atom stereocenters. The number of halogens is 1. The minimum atomic E-state index is 0.738. The normalized spacial score (nSPS) is 15.9. The Morgan fingerprint density at radius 2 is 2.43 bits per heavy atom. The Labute approximate surface area is 47.8 Å². The predicted molar refractivity (Wildman–Crippen MR) is 30.9 cm³/mol. The van der Waals surface area contributed by atoms with Gasteiger partial charge in [-0.25, -0.2) is 0 Å². The van der Waals surface area contributed by atoms with E-state index in [0.717, 1.165) is 5.03 Å². The Morgan fingerprint density at radius 1 is 1.57 bits per heavy atom. The van der Waals surface area contributed by atoms with Crippen LogP contribution >= 0.6 is 11.6 Å². The molecule has 0 saturated heterocycles. The van der Waals surface area contributed by atoms with Crippen LogP contribution in [-0.4, -0.2) is 0 Å². The van der Waals surface area contributed by atoms with Gasteiger partial charge in [-0.15, -0.1) is 0 Å². The Kier molecular flexibility index (Phi) is 1.26. The molecule has 0 aromatic rings. The second-order valence-corrected chi connectivity index (χ2v) is 1.66. The van der Waals surface area contributed by atoms with Gasteiger partial charge in [-0.05, 0) is 0 Å². The molecule has 0 saturated carbocycles. The van der Waals surface area contributed by atoms with Crippen molar-refractivity contribution in [3.63, 3.8) is 0 Å². The van der Waals surface area contributed by atoms with E-state index >= 15 is 0 Å². The standard InChI is InChI=1S/C6H4Cl/c7-6-4-2-1-3-5-6/h1-2,4-5H/q+1. The molecule has 0 spiro atoms. The van der Waals surface area contributed by atoms with Crippen LogP contribution in [0.3, 0.4) is 0 Å². The number of allylic oxidation sites excluding steroid dienone is 6. The molecule has 0 unspecified atom stereocenters. The van der Waals surface area contributed by atoms with Gasteiger partial charge < -0.3 is 0 Å². The van der Waals surface area contributed by atoms with Gasteiger partial charge in [0.1, 0.15) is 12.2 Å². The third kappa shape index (κ3) is 1.15. The molecule has 1 aliphatic rings. The van der Waals surface area contributed by atoms with Crippen molar-refractivity contribution in [2.24, 2.45) is 0 Å². The van der Waals surface area contributed by atoms with E-state index in [2.05, 4.69) is 6.08 Å². The monoisotopic (exact) mass is 111 g/mol. The van der Waals surface area contributed by atoms with Crippen molar-refractivity contribution in [2.75, 3.05) is 0 Å². The molecule has 0 nitrogen and oxygen atoms in total. The summed E-state index contributed by atoms with van der Waals surface area (Å²) in [6.07, 6.45) is 10.0. The van der Waals surface area contributed by atoms with Crippen molar-refractivity contribution in [2.45, 2.75) is 0 Å². The molecule has 0 heterocycles. The number of hydrogen-bond acceptors (Lipinski definition) is 0. The summed E-state index contributed by atoms with van der Waals surface area (Å²) in [5, 5.41) is 0.738. The molecule has 0 amide bonds. The van der Waals surface area contributed by atoms with E-state index in [1.807, 2.05) is 18.2 Å². The average molecular weight is 112 g/mol. The summed E-state index contributed by atoms with van der Waals surface area (Å²) in [5.41, 5.74) is 0. The van der Waals surface area contributed by atoms with Crippen molar-refractivity contribution < 1.29 is 0 Å². The SMILES string of the molecule is ClC1=CC=C[C+]=C1. The second kappa shape index (κ2) is 1.92. The first kappa shape index (κ1) is 4.58. The van der Waals surface area contributed by atoms with Crippen LogP contribution in [0.4, 0.5) is 0 Å². The zero-order valence-corrected chi connectivity index (χ0v) is 4.44. The lowest BCUT2D eigenvalue weighted by Gasteiger charge is -1.74. The Balaban J connectivity index is 2.82. The summed E-state index contributed by atoms with van der Waals surface area (Å²) in [4.78, 5) is 0. The van der Waals surface area contributed by atoms with Crippen LogP contribution in [0.15, 0.2) is 29.3 Å². The molecule has 0 radical (unpaired) electrons. The minimum Gasteiger partial charge on any atom is 0.000347 e. The fourth-order valence-corrected chi connectivity index (χ4v) is 0.507. The lowest BCUT2D eigenvalue weighted by Crippen LogP contribution is -1.65. The van der Waals surface area contributed by atoms with Gasteiger partial charge in [0.2, 0.25) is 0 Å².